The molecule has 6 rings (SSSR count). The summed E-state index contributed by atoms with van der Waals surface area (Å²) in [6.45, 7) is 7.26. The van der Waals surface area contributed by atoms with Gasteiger partial charge in [-0.25, -0.2) is 8.13 Å². The fourth-order valence-corrected chi connectivity index (χ4v) is 8.90. The third-order valence-electron chi connectivity index (χ3n) is 7.05. The van der Waals surface area contributed by atoms with E-state index in [2.05, 4.69) is 64.6 Å². The van der Waals surface area contributed by atoms with E-state index >= 15 is 0 Å². The molecule has 178 valence electrons. The highest BCUT2D eigenvalue weighted by atomic mass is 127. The van der Waals surface area contributed by atoms with Gasteiger partial charge in [0.1, 0.15) is 5.65 Å². The minimum atomic E-state index is -0.118. The van der Waals surface area contributed by atoms with Gasteiger partial charge in [-0.15, -0.1) is 0 Å². The Kier molecular flexibility index (Phi) is 6.99. The summed E-state index contributed by atoms with van der Waals surface area (Å²) in [5.41, 5.74) is 6.92. The molecule has 2 aromatic heterocycles. The van der Waals surface area contributed by atoms with Gasteiger partial charge in [0.05, 0.1) is 31.0 Å². The van der Waals surface area contributed by atoms with Crippen LogP contribution in [0, 0.1) is 0 Å². The number of nitrogens with one attached hydrogen (secondary N) is 2. The van der Waals surface area contributed by atoms with E-state index in [0.717, 1.165) is 47.6 Å². The first-order chi connectivity index (χ1) is 16.8. The van der Waals surface area contributed by atoms with Crippen LogP contribution >= 0.6 is 28.6 Å². The Morgan fingerprint density at radius 3 is 2.82 bits per heavy atom. The summed E-state index contributed by atoms with van der Waals surface area (Å²) in [6, 6.07) is 10.8. The van der Waals surface area contributed by atoms with E-state index in [1.165, 1.54) is 68.0 Å². The maximum absolute atomic E-state index is 4.61. The summed E-state index contributed by atoms with van der Waals surface area (Å²) >= 11 is -0.118. The number of H-pyrrole nitrogens is 1. The average Bonchev–Trinajstić information content (AvgIpc) is 3.53. The minimum absolute atomic E-state index is 0.118. The number of likely N-dealkylation sites (tertiary alicyclic amines) is 1. The lowest BCUT2D eigenvalue weighted by molar-refractivity contribution is 0.207. The third-order valence-corrected chi connectivity index (χ3v) is 10.8. The molecule has 8 heteroatoms. The number of aromatic amines is 1. The molecule has 3 aliphatic rings. The number of hydrogen-bond acceptors (Lipinski definition) is 6. The zero-order valence-electron chi connectivity index (χ0n) is 19.4. The lowest BCUT2D eigenvalue weighted by atomic mass is 10.0. The quantitative estimate of drug-likeness (QED) is 0.290. The lowest BCUT2D eigenvalue weighted by Crippen LogP contribution is -2.34. The summed E-state index contributed by atoms with van der Waals surface area (Å²) < 4.78 is 4.61. The number of rotatable bonds is 7. The van der Waals surface area contributed by atoms with Crippen molar-refractivity contribution in [1.29, 1.82) is 0 Å². The standard InChI is InChI=1S/C26H31IN6S/c1-2-11-32(12-3-1)13-4-14-33-15-8-19(9-16-33)24-18-21-22(7-10-28-26(21)30-24)29-20-5-6-23-25(17-20)34-27-31-23/h5-8,10,17-18H,1-4,9,11-16H2,(H2,28,29,30). The van der Waals surface area contributed by atoms with Crippen LogP contribution in [0.1, 0.15) is 37.8 Å². The van der Waals surface area contributed by atoms with Gasteiger partial charge < -0.3 is 15.2 Å². The van der Waals surface area contributed by atoms with Gasteiger partial charge in [-0.2, -0.15) is 0 Å². The van der Waals surface area contributed by atoms with Crippen LogP contribution in [0.4, 0.5) is 17.1 Å². The van der Waals surface area contributed by atoms with Crippen LogP contribution < -0.4 is 5.32 Å². The Bertz CT molecular complexity index is 1230. The van der Waals surface area contributed by atoms with Crippen LogP contribution in [0.5, 0.6) is 0 Å². The van der Waals surface area contributed by atoms with Crippen molar-refractivity contribution in [3.05, 3.63) is 48.3 Å². The second-order valence-corrected chi connectivity index (χ2v) is 13.1. The molecule has 0 spiro atoms. The number of aromatic nitrogens is 2. The number of piperidine rings is 1. The Morgan fingerprint density at radius 2 is 1.94 bits per heavy atom. The van der Waals surface area contributed by atoms with Crippen molar-refractivity contribution in [2.24, 2.45) is 3.15 Å². The van der Waals surface area contributed by atoms with Gasteiger partial charge in [-0.1, -0.05) is 12.5 Å². The molecular weight excluding hydrogens is 555 g/mol. The van der Waals surface area contributed by atoms with Crippen molar-refractivity contribution >= 4 is 62.2 Å². The van der Waals surface area contributed by atoms with E-state index in [4.69, 9.17) is 0 Å². The van der Waals surface area contributed by atoms with Gasteiger partial charge >= 0.3 is 0 Å². The first kappa shape index (κ1) is 22.7. The van der Waals surface area contributed by atoms with Crippen molar-refractivity contribution in [3.8, 4) is 0 Å². The maximum atomic E-state index is 4.61. The number of anilines is 2. The smallest absolute Gasteiger partial charge is 0.139 e. The summed E-state index contributed by atoms with van der Waals surface area (Å²) in [6.07, 6.45) is 10.9. The van der Waals surface area contributed by atoms with Crippen LogP contribution in [0.15, 0.2) is 50.6 Å². The number of fused-ring (bicyclic) bond motifs is 2. The van der Waals surface area contributed by atoms with E-state index in [1.807, 2.05) is 15.1 Å². The van der Waals surface area contributed by atoms with E-state index in [-0.39, 0.29) is 19.6 Å². The molecule has 0 aliphatic carbocycles. The van der Waals surface area contributed by atoms with Crippen molar-refractivity contribution in [3.63, 3.8) is 0 Å². The first-order valence-corrected chi connectivity index (χ1v) is 16.7. The van der Waals surface area contributed by atoms with Gasteiger partial charge in [0, 0.05) is 40.9 Å². The molecule has 0 atom stereocenters. The Labute approximate surface area is 214 Å². The summed E-state index contributed by atoms with van der Waals surface area (Å²) in [4.78, 5) is 14.7. The van der Waals surface area contributed by atoms with E-state index in [0.29, 0.717) is 0 Å². The highest BCUT2D eigenvalue weighted by Crippen LogP contribution is 2.48. The monoisotopic (exact) mass is 586 g/mol. The molecule has 6 nitrogen and oxygen atoms in total. The SMILES string of the molecule is C1=C(c2cc3c(Nc4ccc5c(c4)SI=N5)ccnc3[nH]2)CCN(CCCN2CCCCC2)C1. The Balaban J connectivity index is 1.10. The highest BCUT2D eigenvalue weighted by molar-refractivity contribution is 14.2. The van der Waals surface area contributed by atoms with Gasteiger partial charge in [0.15, 0.2) is 0 Å². The predicted octanol–water partition coefficient (Wildman–Crippen LogP) is 7.08. The zero-order chi connectivity index (χ0) is 22.7. The van der Waals surface area contributed by atoms with Crippen LogP contribution in [0.2, 0.25) is 0 Å². The van der Waals surface area contributed by atoms with Gasteiger partial charge in [-0.05, 0) is 96.7 Å². The van der Waals surface area contributed by atoms with Crippen molar-refractivity contribution in [2.75, 3.05) is 44.6 Å². The predicted molar refractivity (Wildman–Crippen MR) is 152 cm³/mol. The van der Waals surface area contributed by atoms with Crippen LogP contribution in [-0.4, -0.2) is 59.0 Å². The molecule has 2 N–H and O–H groups in total. The van der Waals surface area contributed by atoms with Gasteiger partial charge in [-0.3, -0.25) is 4.90 Å². The largest absolute Gasteiger partial charge is 0.355 e. The van der Waals surface area contributed by atoms with E-state index < -0.39 is 0 Å². The maximum Gasteiger partial charge on any atom is 0.139 e. The fourth-order valence-electron chi connectivity index (χ4n) is 5.14. The van der Waals surface area contributed by atoms with E-state index in [9.17, 15) is 0 Å². The number of halogens is 1. The van der Waals surface area contributed by atoms with E-state index in [1.54, 1.807) is 0 Å². The molecule has 3 aliphatic heterocycles. The van der Waals surface area contributed by atoms with Crippen molar-refractivity contribution < 1.29 is 0 Å². The third kappa shape index (κ3) is 5.10. The molecule has 34 heavy (non-hydrogen) atoms. The number of pyridine rings is 1. The first-order valence-electron chi connectivity index (χ1n) is 12.4. The molecule has 0 saturated carbocycles. The molecular formula is C26H31IN6S. The van der Waals surface area contributed by atoms with Crippen LogP contribution in [0.25, 0.3) is 16.6 Å². The number of hydrogen-bond donors (Lipinski definition) is 2. The molecule has 1 fully saturated rings. The van der Waals surface area contributed by atoms with Crippen LogP contribution in [-0.2, 0) is 0 Å². The molecule has 0 unspecified atom stereocenters. The molecule has 0 amide bonds. The fraction of sp³-hybridized carbons (Fsp3) is 0.423. The second kappa shape index (κ2) is 10.5. The summed E-state index contributed by atoms with van der Waals surface area (Å²) in [5.74, 6) is 0. The number of nitrogens with zero attached hydrogens (tertiary/aromatic N) is 4. The minimum Gasteiger partial charge on any atom is -0.355 e. The van der Waals surface area contributed by atoms with Gasteiger partial charge in [0.25, 0.3) is 0 Å². The molecule has 3 aromatic rings. The zero-order valence-corrected chi connectivity index (χ0v) is 22.4. The number of benzene rings is 1. The molecule has 5 heterocycles. The molecule has 0 bridgehead atoms. The summed E-state index contributed by atoms with van der Waals surface area (Å²) in [5, 5.41) is 4.76. The Morgan fingerprint density at radius 1 is 1.03 bits per heavy atom. The van der Waals surface area contributed by atoms with Crippen molar-refractivity contribution in [2.45, 2.75) is 37.0 Å². The van der Waals surface area contributed by atoms with Crippen molar-refractivity contribution in [1.82, 2.24) is 19.8 Å². The van der Waals surface area contributed by atoms with Gasteiger partial charge in [0.2, 0.25) is 0 Å². The molecule has 1 aromatic carbocycles. The molecule has 1 saturated heterocycles. The highest BCUT2D eigenvalue weighted by Gasteiger charge is 2.17. The molecule has 0 radical (unpaired) electrons. The van der Waals surface area contributed by atoms with Crippen LogP contribution in [0.3, 0.4) is 0 Å². The normalized spacial score (nSPS) is 19.1. The topological polar surface area (TPSA) is 59.6 Å². The second-order valence-electron chi connectivity index (χ2n) is 9.38. The average molecular weight is 587 g/mol. The summed E-state index contributed by atoms with van der Waals surface area (Å²) in [7, 11) is 1.90. The Hall–Kier alpha value is -1.75. The lowest BCUT2D eigenvalue weighted by Gasteiger charge is -2.29.